The molecule has 0 saturated heterocycles. The Bertz CT molecular complexity index is 352. The molecule has 0 aromatic heterocycles. The van der Waals surface area contributed by atoms with Crippen LogP contribution in [0.5, 0.6) is 5.75 Å². The van der Waals surface area contributed by atoms with E-state index in [2.05, 4.69) is 36.5 Å². The molecule has 0 bridgehead atoms. The van der Waals surface area contributed by atoms with E-state index >= 15 is 0 Å². The molecule has 0 unspecified atom stereocenters. The van der Waals surface area contributed by atoms with Gasteiger partial charge in [0, 0.05) is 12.0 Å². The number of nitrogens with one attached hydrogen (secondary N) is 1. The Kier molecular flexibility index (Phi) is 3.72. The van der Waals surface area contributed by atoms with E-state index in [1.165, 1.54) is 24.8 Å². The van der Waals surface area contributed by atoms with Gasteiger partial charge in [-0.1, -0.05) is 25.5 Å². The van der Waals surface area contributed by atoms with Crippen LogP contribution in [0.25, 0.3) is 0 Å². The van der Waals surface area contributed by atoms with E-state index in [1.807, 2.05) is 7.05 Å². The molecule has 2 nitrogen and oxygen atoms in total. The molecule has 1 saturated carbocycles. The van der Waals surface area contributed by atoms with Crippen LogP contribution in [0.1, 0.15) is 31.7 Å². The maximum absolute atomic E-state index is 5.22. The molecule has 0 spiro atoms. The number of ether oxygens (including phenoxy) is 1. The zero-order valence-electron chi connectivity index (χ0n) is 11.1. The van der Waals surface area contributed by atoms with Crippen LogP contribution >= 0.6 is 0 Å². The predicted molar refractivity (Wildman–Crippen MR) is 71.6 cm³/mol. The predicted octanol–water partition coefficient (Wildman–Crippen LogP) is 2.97. The molecule has 0 aliphatic heterocycles. The topological polar surface area (TPSA) is 21.3 Å². The van der Waals surface area contributed by atoms with Crippen molar-refractivity contribution in [3.63, 3.8) is 0 Å². The van der Waals surface area contributed by atoms with Crippen LogP contribution in [-0.4, -0.2) is 20.7 Å². The summed E-state index contributed by atoms with van der Waals surface area (Å²) < 4.78 is 5.22. The molecule has 94 valence electrons. The van der Waals surface area contributed by atoms with Crippen molar-refractivity contribution < 1.29 is 4.74 Å². The van der Waals surface area contributed by atoms with Crippen molar-refractivity contribution in [2.24, 2.45) is 5.92 Å². The molecule has 1 fully saturated rings. The van der Waals surface area contributed by atoms with Gasteiger partial charge in [0.05, 0.1) is 7.11 Å². The lowest BCUT2D eigenvalue weighted by atomic mass is 9.58. The zero-order chi connectivity index (χ0) is 12.3. The second kappa shape index (κ2) is 5.09. The lowest BCUT2D eigenvalue weighted by Crippen LogP contribution is -2.47. The van der Waals surface area contributed by atoms with Crippen molar-refractivity contribution in [1.29, 1.82) is 0 Å². The van der Waals surface area contributed by atoms with Gasteiger partial charge in [-0.15, -0.1) is 0 Å². The lowest BCUT2D eigenvalue weighted by Gasteiger charge is -2.48. The fourth-order valence-electron chi connectivity index (χ4n) is 3.10. The third kappa shape index (κ3) is 2.32. The van der Waals surface area contributed by atoms with Gasteiger partial charge in [-0.3, -0.25) is 0 Å². The Labute approximate surface area is 104 Å². The summed E-state index contributed by atoms with van der Waals surface area (Å²) in [5.74, 6) is 1.85. The summed E-state index contributed by atoms with van der Waals surface area (Å²) in [5, 5.41) is 3.35. The third-order valence-corrected chi connectivity index (χ3v) is 4.15. The summed E-state index contributed by atoms with van der Waals surface area (Å²) >= 11 is 0. The summed E-state index contributed by atoms with van der Waals surface area (Å²) in [4.78, 5) is 0. The van der Waals surface area contributed by atoms with Crippen LogP contribution in [0.3, 0.4) is 0 Å². The van der Waals surface area contributed by atoms with Crippen LogP contribution in [0.15, 0.2) is 24.3 Å². The highest BCUT2D eigenvalue weighted by Crippen LogP contribution is 2.48. The van der Waals surface area contributed by atoms with E-state index in [4.69, 9.17) is 4.74 Å². The van der Waals surface area contributed by atoms with Crippen molar-refractivity contribution in [3.05, 3.63) is 29.8 Å². The fraction of sp³-hybridized carbons (Fsp3) is 0.600. The van der Waals surface area contributed by atoms with Crippen molar-refractivity contribution in [1.82, 2.24) is 5.32 Å². The lowest BCUT2D eigenvalue weighted by molar-refractivity contribution is 0.136. The normalized spacial score (nSPS) is 27.6. The molecular weight excluding hydrogens is 210 g/mol. The van der Waals surface area contributed by atoms with E-state index in [0.717, 1.165) is 18.2 Å². The minimum absolute atomic E-state index is 0.363. The second-order valence-electron chi connectivity index (χ2n) is 5.22. The molecule has 1 N–H and O–H groups in total. The second-order valence-corrected chi connectivity index (χ2v) is 5.22. The van der Waals surface area contributed by atoms with Crippen LogP contribution in [-0.2, 0) is 5.41 Å². The van der Waals surface area contributed by atoms with Gasteiger partial charge >= 0.3 is 0 Å². The van der Waals surface area contributed by atoms with Gasteiger partial charge in [0.25, 0.3) is 0 Å². The van der Waals surface area contributed by atoms with Gasteiger partial charge in [0.2, 0.25) is 0 Å². The first-order valence-electron chi connectivity index (χ1n) is 6.53. The Hall–Kier alpha value is -1.02. The molecule has 2 rings (SSSR count). The van der Waals surface area contributed by atoms with Crippen LogP contribution in [0, 0.1) is 5.92 Å². The van der Waals surface area contributed by atoms with Crippen LogP contribution in [0.4, 0.5) is 0 Å². The number of benzene rings is 1. The first kappa shape index (κ1) is 12.4. The SMILES string of the molecule is CCC1CC(CNC)(c2ccc(OC)cc2)C1. The van der Waals surface area contributed by atoms with Gasteiger partial charge in [0.1, 0.15) is 5.75 Å². The molecule has 0 amide bonds. The number of methoxy groups -OCH3 is 1. The molecule has 0 heterocycles. The average molecular weight is 233 g/mol. The van der Waals surface area contributed by atoms with Crippen LogP contribution in [0.2, 0.25) is 0 Å². The molecule has 1 aromatic carbocycles. The first-order valence-corrected chi connectivity index (χ1v) is 6.53. The number of hydrogen-bond donors (Lipinski definition) is 1. The summed E-state index contributed by atoms with van der Waals surface area (Å²) in [7, 11) is 3.76. The summed E-state index contributed by atoms with van der Waals surface area (Å²) in [6.07, 6.45) is 3.94. The highest BCUT2D eigenvalue weighted by molar-refractivity contribution is 5.35. The summed E-state index contributed by atoms with van der Waals surface area (Å²) in [5.41, 5.74) is 1.82. The smallest absolute Gasteiger partial charge is 0.118 e. The van der Waals surface area contributed by atoms with Gasteiger partial charge < -0.3 is 10.1 Å². The minimum Gasteiger partial charge on any atom is -0.497 e. The molecule has 0 atom stereocenters. The molecule has 0 radical (unpaired) electrons. The molecule has 17 heavy (non-hydrogen) atoms. The largest absolute Gasteiger partial charge is 0.497 e. The van der Waals surface area contributed by atoms with E-state index in [1.54, 1.807) is 7.11 Å². The van der Waals surface area contributed by atoms with Gasteiger partial charge in [0.15, 0.2) is 0 Å². The van der Waals surface area contributed by atoms with Crippen molar-refractivity contribution in [2.45, 2.75) is 31.6 Å². The third-order valence-electron chi connectivity index (χ3n) is 4.15. The number of rotatable bonds is 5. The molecule has 1 aromatic rings. The first-order chi connectivity index (χ1) is 8.24. The van der Waals surface area contributed by atoms with Gasteiger partial charge in [-0.05, 0) is 43.5 Å². The Morgan fingerprint density at radius 1 is 1.29 bits per heavy atom. The van der Waals surface area contributed by atoms with E-state index < -0.39 is 0 Å². The quantitative estimate of drug-likeness (QED) is 0.844. The fourth-order valence-corrected chi connectivity index (χ4v) is 3.10. The monoisotopic (exact) mass is 233 g/mol. The highest BCUT2D eigenvalue weighted by Gasteiger charge is 2.43. The van der Waals surface area contributed by atoms with Crippen LogP contribution < -0.4 is 10.1 Å². The average Bonchev–Trinajstić information content (AvgIpc) is 2.33. The Balaban J connectivity index is 2.16. The Morgan fingerprint density at radius 3 is 2.41 bits per heavy atom. The molecule has 2 heteroatoms. The number of likely N-dealkylation sites (N-methyl/N-ethyl adjacent to an activating group) is 1. The van der Waals surface area contributed by atoms with E-state index in [-0.39, 0.29) is 0 Å². The highest BCUT2D eigenvalue weighted by atomic mass is 16.5. The summed E-state index contributed by atoms with van der Waals surface area (Å²) in [6.45, 7) is 3.37. The molecule has 1 aliphatic carbocycles. The molecular formula is C15H23NO. The van der Waals surface area contributed by atoms with Crippen molar-refractivity contribution >= 4 is 0 Å². The zero-order valence-corrected chi connectivity index (χ0v) is 11.1. The van der Waals surface area contributed by atoms with Gasteiger partial charge in [-0.25, -0.2) is 0 Å². The summed E-state index contributed by atoms with van der Waals surface area (Å²) in [6, 6.07) is 8.60. The maximum atomic E-state index is 5.22. The van der Waals surface area contributed by atoms with E-state index in [0.29, 0.717) is 5.41 Å². The maximum Gasteiger partial charge on any atom is 0.118 e. The number of hydrogen-bond acceptors (Lipinski definition) is 2. The molecule has 1 aliphatic rings. The Morgan fingerprint density at radius 2 is 1.94 bits per heavy atom. The van der Waals surface area contributed by atoms with E-state index in [9.17, 15) is 0 Å². The van der Waals surface area contributed by atoms with Crippen molar-refractivity contribution in [3.8, 4) is 5.75 Å². The minimum atomic E-state index is 0.363. The standard InChI is InChI=1S/C15H23NO/c1-4-12-9-15(10-12,11-16-2)13-5-7-14(17-3)8-6-13/h5-8,12,16H,4,9-11H2,1-3H3. The van der Waals surface area contributed by atoms with Gasteiger partial charge in [-0.2, -0.15) is 0 Å². The van der Waals surface area contributed by atoms with Crippen molar-refractivity contribution in [2.75, 3.05) is 20.7 Å².